The molecule has 3 rings (SSSR count). The first-order valence-electron chi connectivity index (χ1n) is 6.12. The van der Waals surface area contributed by atoms with Crippen LogP contribution < -0.4 is 0 Å². The number of ketones is 1. The van der Waals surface area contributed by atoms with Gasteiger partial charge in [-0.05, 0) is 52.9 Å². The zero-order valence-corrected chi connectivity index (χ0v) is 13.6. The summed E-state index contributed by atoms with van der Waals surface area (Å²) < 4.78 is 0.825. The molecular weight excluding hydrogens is 399 g/mol. The number of aromatic amines is 1. The third-order valence-electron chi connectivity index (χ3n) is 3.24. The molecule has 102 valence electrons. The lowest BCUT2D eigenvalue weighted by molar-refractivity contribution is 0.103. The molecule has 0 atom stereocenters. The van der Waals surface area contributed by atoms with Gasteiger partial charge in [-0.3, -0.25) is 4.79 Å². The fraction of sp³-hybridized carbons (Fsp3) is 0. The Morgan fingerprint density at radius 2 is 2.05 bits per heavy atom. The van der Waals surface area contributed by atoms with Crippen molar-refractivity contribution in [3.05, 3.63) is 67.9 Å². The van der Waals surface area contributed by atoms with Gasteiger partial charge in [0, 0.05) is 36.8 Å². The molecule has 1 N–H and O–H groups in total. The molecule has 0 radical (unpaired) electrons. The van der Waals surface area contributed by atoms with E-state index in [9.17, 15) is 10.1 Å². The van der Waals surface area contributed by atoms with Gasteiger partial charge in [-0.1, -0.05) is 17.7 Å². The number of benzene rings is 2. The molecule has 21 heavy (non-hydrogen) atoms. The summed E-state index contributed by atoms with van der Waals surface area (Å²) in [6, 6.07) is 12.7. The molecule has 5 heteroatoms. The lowest BCUT2D eigenvalue weighted by Crippen LogP contribution is -2.03. The number of H-pyrrole nitrogens is 1. The summed E-state index contributed by atoms with van der Waals surface area (Å²) in [4.78, 5) is 15.8. The van der Waals surface area contributed by atoms with Crippen LogP contribution in [0.1, 0.15) is 21.5 Å². The lowest BCUT2D eigenvalue weighted by Gasteiger charge is -2.04. The minimum Gasteiger partial charge on any atom is -0.360 e. The second-order valence-corrected chi connectivity index (χ2v) is 6.09. The van der Waals surface area contributed by atoms with Crippen molar-refractivity contribution in [3.8, 4) is 6.07 Å². The number of halogens is 2. The van der Waals surface area contributed by atoms with E-state index >= 15 is 0 Å². The Morgan fingerprint density at radius 3 is 2.81 bits per heavy atom. The number of nitrogens with one attached hydrogen (secondary N) is 1. The molecule has 0 spiro atoms. The number of carbonyl (C=O) groups is 1. The Labute approximate surface area is 139 Å². The van der Waals surface area contributed by atoms with Crippen LogP contribution in [0.5, 0.6) is 0 Å². The molecule has 0 amide bonds. The van der Waals surface area contributed by atoms with Crippen molar-refractivity contribution in [3.63, 3.8) is 0 Å². The Kier molecular flexibility index (Phi) is 3.70. The third-order valence-corrected chi connectivity index (χ3v) is 4.42. The van der Waals surface area contributed by atoms with Gasteiger partial charge in [0.2, 0.25) is 0 Å². The maximum absolute atomic E-state index is 12.8. The normalized spacial score (nSPS) is 10.5. The van der Waals surface area contributed by atoms with Crippen LogP contribution in [-0.4, -0.2) is 10.8 Å². The maximum atomic E-state index is 12.8. The molecule has 0 saturated carbocycles. The highest BCUT2D eigenvalue weighted by atomic mass is 127. The number of carbonyl (C=O) groups excluding carboxylic acids is 1. The third kappa shape index (κ3) is 2.43. The molecule has 0 aliphatic carbocycles. The number of aromatic nitrogens is 1. The fourth-order valence-corrected chi connectivity index (χ4v) is 3.03. The van der Waals surface area contributed by atoms with E-state index in [4.69, 9.17) is 11.6 Å². The molecule has 0 fully saturated rings. The molecule has 1 heterocycles. The fourth-order valence-electron chi connectivity index (χ4n) is 2.27. The van der Waals surface area contributed by atoms with E-state index in [1.54, 1.807) is 36.5 Å². The van der Waals surface area contributed by atoms with E-state index in [0.29, 0.717) is 27.1 Å². The number of hydrogen-bond donors (Lipinski definition) is 1. The Balaban J connectivity index is 2.24. The topological polar surface area (TPSA) is 56.6 Å². The zero-order chi connectivity index (χ0) is 15.0. The highest BCUT2D eigenvalue weighted by Gasteiger charge is 2.19. The van der Waals surface area contributed by atoms with E-state index < -0.39 is 0 Å². The van der Waals surface area contributed by atoms with Crippen LogP contribution in [0.25, 0.3) is 10.9 Å². The van der Waals surface area contributed by atoms with Crippen molar-refractivity contribution in [1.29, 1.82) is 5.26 Å². The monoisotopic (exact) mass is 406 g/mol. The maximum Gasteiger partial charge on any atom is 0.196 e. The molecule has 0 aliphatic heterocycles. The molecule has 0 aliphatic rings. The van der Waals surface area contributed by atoms with Gasteiger partial charge in [0.15, 0.2) is 5.78 Å². The van der Waals surface area contributed by atoms with Gasteiger partial charge in [0.05, 0.1) is 11.6 Å². The van der Waals surface area contributed by atoms with E-state index in [0.717, 1.165) is 9.09 Å². The Morgan fingerprint density at radius 1 is 1.24 bits per heavy atom. The second kappa shape index (κ2) is 5.51. The standard InChI is InChI=1S/C16H8ClIN2O/c17-10-4-5-13(18)11(6-10)16(21)12-8-20-14-3-1-2-9(7-19)15(12)14/h1-6,8,20H. The summed E-state index contributed by atoms with van der Waals surface area (Å²) in [5, 5.41) is 10.4. The predicted molar refractivity (Wildman–Crippen MR) is 90.6 cm³/mol. The van der Waals surface area contributed by atoms with Gasteiger partial charge >= 0.3 is 0 Å². The first-order chi connectivity index (χ1) is 10.1. The van der Waals surface area contributed by atoms with Gasteiger partial charge in [-0.2, -0.15) is 5.26 Å². The summed E-state index contributed by atoms with van der Waals surface area (Å²) in [7, 11) is 0. The van der Waals surface area contributed by atoms with E-state index in [1.165, 1.54) is 0 Å². The number of nitriles is 1. The molecule has 3 aromatic rings. The molecule has 1 aromatic heterocycles. The van der Waals surface area contributed by atoms with E-state index in [1.807, 2.05) is 6.07 Å². The Hall–Kier alpha value is -1.84. The number of nitrogens with zero attached hydrogens (tertiary/aromatic N) is 1. The van der Waals surface area contributed by atoms with E-state index in [-0.39, 0.29) is 5.78 Å². The van der Waals surface area contributed by atoms with Gasteiger partial charge < -0.3 is 4.98 Å². The summed E-state index contributed by atoms with van der Waals surface area (Å²) in [6.07, 6.45) is 1.64. The first-order valence-corrected chi connectivity index (χ1v) is 7.57. The predicted octanol–water partition coefficient (Wildman–Crippen LogP) is 4.53. The van der Waals surface area contributed by atoms with Crippen LogP contribution in [0.15, 0.2) is 42.6 Å². The van der Waals surface area contributed by atoms with Crippen LogP contribution in [0.2, 0.25) is 5.02 Å². The first kappa shape index (κ1) is 14.1. The van der Waals surface area contributed by atoms with Crippen LogP contribution in [-0.2, 0) is 0 Å². The average molecular weight is 407 g/mol. The molecule has 0 unspecified atom stereocenters. The smallest absolute Gasteiger partial charge is 0.196 e. The molecule has 0 bridgehead atoms. The number of fused-ring (bicyclic) bond motifs is 1. The largest absolute Gasteiger partial charge is 0.360 e. The minimum absolute atomic E-state index is 0.143. The summed E-state index contributed by atoms with van der Waals surface area (Å²) >= 11 is 8.09. The van der Waals surface area contributed by atoms with Crippen molar-refractivity contribution in [1.82, 2.24) is 4.98 Å². The van der Waals surface area contributed by atoms with Crippen LogP contribution in [0.4, 0.5) is 0 Å². The second-order valence-electron chi connectivity index (χ2n) is 4.50. The highest BCUT2D eigenvalue weighted by Crippen LogP contribution is 2.27. The molecular formula is C16H8ClIN2O. The highest BCUT2D eigenvalue weighted by molar-refractivity contribution is 14.1. The summed E-state index contributed by atoms with van der Waals surface area (Å²) in [5.74, 6) is -0.143. The quantitative estimate of drug-likeness (QED) is 0.502. The van der Waals surface area contributed by atoms with Crippen LogP contribution in [0, 0.1) is 14.9 Å². The number of rotatable bonds is 2. The zero-order valence-electron chi connectivity index (χ0n) is 10.7. The van der Waals surface area contributed by atoms with Gasteiger partial charge in [0.25, 0.3) is 0 Å². The summed E-state index contributed by atoms with van der Waals surface area (Å²) in [6.45, 7) is 0. The average Bonchev–Trinajstić information content (AvgIpc) is 2.93. The Bertz CT molecular complexity index is 908. The van der Waals surface area contributed by atoms with E-state index in [2.05, 4.69) is 33.6 Å². The van der Waals surface area contributed by atoms with Gasteiger partial charge in [-0.15, -0.1) is 0 Å². The van der Waals surface area contributed by atoms with Crippen molar-refractivity contribution < 1.29 is 4.79 Å². The van der Waals surface area contributed by atoms with Gasteiger partial charge in [0.1, 0.15) is 0 Å². The van der Waals surface area contributed by atoms with Gasteiger partial charge in [-0.25, -0.2) is 0 Å². The molecule has 3 nitrogen and oxygen atoms in total. The lowest BCUT2D eigenvalue weighted by atomic mass is 10.00. The molecule has 0 saturated heterocycles. The molecule has 2 aromatic carbocycles. The van der Waals surface area contributed by atoms with Crippen molar-refractivity contribution in [2.45, 2.75) is 0 Å². The summed E-state index contributed by atoms with van der Waals surface area (Å²) in [5.41, 5.74) is 2.28. The van der Waals surface area contributed by atoms with Crippen molar-refractivity contribution in [2.24, 2.45) is 0 Å². The number of hydrogen-bond acceptors (Lipinski definition) is 2. The SMILES string of the molecule is N#Cc1cccc2[nH]cc(C(=O)c3cc(Cl)ccc3I)c12. The van der Waals surface area contributed by atoms with Crippen LogP contribution >= 0.6 is 34.2 Å². The minimum atomic E-state index is -0.143. The van der Waals surface area contributed by atoms with Crippen LogP contribution in [0.3, 0.4) is 0 Å². The van der Waals surface area contributed by atoms with Crippen molar-refractivity contribution >= 4 is 50.9 Å². The van der Waals surface area contributed by atoms with Crippen molar-refractivity contribution in [2.75, 3.05) is 0 Å².